The minimum atomic E-state index is -4.21. The van der Waals surface area contributed by atoms with Crippen molar-refractivity contribution in [1.82, 2.24) is 0 Å². The van der Waals surface area contributed by atoms with Crippen LogP contribution in [0.5, 0.6) is 0 Å². The molecule has 2 nitrogen and oxygen atoms in total. The molecule has 0 atom stereocenters. The van der Waals surface area contributed by atoms with Crippen LogP contribution in [0.25, 0.3) is 0 Å². The summed E-state index contributed by atoms with van der Waals surface area (Å²) in [5.74, 6) is 0. The first-order chi connectivity index (χ1) is 2.56. The van der Waals surface area contributed by atoms with E-state index in [2.05, 4.69) is 4.74 Å². The van der Waals surface area contributed by atoms with Crippen LogP contribution in [0.3, 0.4) is 0 Å². The van der Waals surface area contributed by atoms with E-state index in [1.54, 1.807) is 0 Å². The summed E-state index contributed by atoms with van der Waals surface area (Å²) in [6, 6.07) is 0. The molecule has 4 heteroatoms. The van der Waals surface area contributed by atoms with E-state index >= 15 is 0 Å². The molecule has 0 bridgehead atoms. The lowest BCUT2D eigenvalue weighted by molar-refractivity contribution is -0.390. The van der Waals surface area contributed by atoms with Gasteiger partial charge in [0.05, 0.1) is 0 Å². The van der Waals surface area contributed by atoms with Gasteiger partial charge in [-0.2, -0.15) is 0 Å². The molecule has 6 heavy (non-hydrogen) atoms. The van der Waals surface area contributed by atoms with E-state index in [9.17, 15) is 8.78 Å². The summed E-state index contributed by atoms with van der Waals surface area (Å²) in [5.41, 5.74) is 0. The maximum Gasteiger partial charge on any atom is 0.512 e. The monoisotopic (exact) mass is 97.0 g/mol. The van der Waals surface area contributed by atoms with Gasteiger partial charge in [-0.25, -0.2) is 0 Å². The van der Waals surface area contributed by atoms with Gasteiger partial charge in [0.2, 0.25) is 0 Å². The molecule has 0 N–H and O–H groups in total. The number of ether oxygens (including phenoxy) is 1. The van der Waals surface area contributed by atoms with Gasteiger partial charge in [0.25, 0.3) is 0 Å². The molecular weight excluding hydrogens is 94.0 g/mol. The van der Waals surface area contributed by atoms with Crippen LogP contribution < -0.4 is 0 Å². The number of halogens is 2. The third kappa shape index (κ3) is 3.78. The Kier molecular flexibility index (Phi) is 1.43. The van der Waals surface area contributed by atoms with Gasteiger partial charge in [-0.15, -0.1) is 13.9 Å². The molecule has 0 saturated carbocycles. The zero-order valence-electron chi connectivity index (χ0n) is 3.07. The molecule has 0 aromatic carbocycles. The SMILES string of the molecule is COC([O])(F)F. The minimum Gasteiger partial charge on any atom is -0.297 e. The Balaban J connectivity index is 3.17. The summed E-state index contributed by atoms with van der Waals surface area (Å²) < 4.78 is 24.4. The van der Waals surface area contributed by atoms with Gasteiger partial charge in [-0.1, -0.05) is 0 Å². The second-order valence-corrected chi connectivity index (χ2v) is 0.667. The highest BCUT2D eigenvalue weighted by Gasteiger charge is 2.25. The van der Waals surface area contributed by atoms with Crippen molar-refractivity contribution < 1.29 is 18.6 Å². The van der Waals surface area contributed by atoms with Crippen LogP contribution in [0, 0.1) is 0 Å². The smallest absolute Gasteiger partial charge is 0.297 e. The van der Waals surface area contributed by atoms with Crippen molar-refractivity contribution in [2.24, 2.45) is 0 Å². The molecule has 0 aliphatic rings. The van der Waals surface area contributed by atoms with Crippen LogP contribution in [0.15, 0.2) is 0 Å². The molecule has 0 heterocycles. The first-order valence-corrected chi connectivity index (χ1v) is 1.19. The van der Waals surface area contributed by atoms with Gasteiger partial charge < -0.3 is 0 Å². The van der Waals surface area contributed by atoms with E-state index in [1.165, 1.54) is 0 Å². The van der Waals surface area contributed by atoms with Crippen LogP contribution in [0.1, 0.15) is 0 Å². The summed E-state index contributed by atoms with van der Waals surface area (Å²) in [4.78, 5) is 0. The molecule has 0 fully saturated rings. The van der Waals surface area contributed by atoms with Crippen molar-refractivity contribution in [3.05, 3.63) is 0 Å². The zero-order chi connectivity index (χ0) is 5.21. The second kappa shape index (κ2) is 1.49. The quantitative estimate of drug-likeness (QED) is 0.441. The molecule has 0 aromatic rings. The van der Waals surface area contributed by atoms with Crippen LogP contribution in [0.2, 0.25) is 0 Å². The fourth-order valence-electron chi connectivity index (χ4n) is 0. The number of rotatable bonds is 1. The van der Waals surface area contributed by atoms with Crippen molar-refractivity contribution >= 4 is 0 Å². The zero-order valence-corrected chi connectivity index (χ0v) is 3.07. The highest BCUT2D eigenvalue weighted by molar-refractivity contribution is 4.12. The van der Waals surface area contributed by atoms with Crippen molar-refractivity contribution in [2.45, 2.75) is 6.29 Å². The average molecular weight is 97.0 g/mol. The Labute approximate surface area is 33.3 Å². The van der Waals surface area contributed by atoms with Gasteiger partial charge in [-0.05, 0) is 0 Å². The van der Waals surface area contributed by atoms with E-state index in [4.69, 9.17) is 5.11 Å². The van der Waals surface area contributed by atoms with Crippen LogP contribution >= 0.6 is 0 Å². The Hall–Kier alpha value is -0.220. The fourth-order valence-corrected chi connectivity index (χ4v) is 0. The maximum atomic E-state index is 10.7. The summed E-state index contributed by atoms with van der Waals surface area (Å²) >= 11 is 0. The average Bonchev–Trinajstić information content (AvgIpc) is 1.35. The molecule has 0 unspecified atom stereocenters. The Morgan fingerprint density at radius 1 is 1.67 bits per heavy atom. The van der Waals surface area contributed by atoms with Gasteiger partial charge >= 0.3 is 6.29 Å². The van der Waals surface area contributed by atoms with Crippen LogP contribution in [0.4, 0.5) is 8.78 Å². The normalized spacial score (nSPS) is 12.0. The minimum absolute atomic E-state index is 0.646. The summed E-state index contributed by atoms with van der Waals surface area (Å²) in [5, 5.41) is 8.92. The number of alkyl halides is 2. The summed E-state index contributed by atoms with van der Waals surface area (Å²) in [7, 11) is 0.646. The lowest BCUT2D eigenvalue weighted by Crippen LogP contribution is -2.13. The molecular formula is C2H3F2O2. The van der Waals surface area contributed by atoms with Crippen molar-refractivity contribution in [3.8, 4) is 0 Å². The third-order valence-corrected chi connectivity index (χ3v) is 0.238. The van der Waals surface area contributed by atoms with Crippen LogP contribution in [-0.4, -0.2) is 13.4 Å². The van der Waals surface area contributed by atoms with Crippen molar-refractivity contribution in [1.29, 1.82) is 0 Å². The highest BCUT2D eigenvalue weighted by Crippen LogP contribution is 2.06. The van der Waals surface area contributed by atoms with Crippen molar-refractivity contribution in [3.63, 3.8) is 0 Å². The highest BCUT2D eigenvalue weighted by atomic mass is 19.3. The molecule has 0 aromatic heterocycles. The number of hydrogen-bond acceptors (Lipinski definition) is 1. The Bertz CT molecular complexity index is 39.3. The molecule has 37 valence electrons. The number of hydrogen-bond donors (Lipinski definition) is 0. The fraction of sp³-hybridized carbons (Fsp3) is 1.00. The Morgan fingerprint density at radius 2 is 1.83 bits per heavy atom. The molecule has 0 aliphatic heterocycles. The topological polar surface area (TPSA) is 29.1 Å². The van der Waals surface area contributed by atoms with E-state index < -0.39 is 6.29 Å². The molecule has 0 spiro atoms. The van der Waals surface area contributed by atoms with Gasteiger partial charge in [-0.3, -0.25) is 4.74 Å². The molecule has 1 radical (unpaired) electrons. The summed E-state index contributed by atoms with van der Waals surface area (Å²) in [6.45, 7) is 0. The Morgan fingerprint density at radius 3 is 1.83 bits per heavy atom. The first kappa shape index (κ1) is 5.78. The lowest BCUT2D eigenvalue weighted by atomic mass is 11.3. The maximum absolute atomic E-state index is 10.7. The van der Waals surface area contributed by atoms with Gasteiger partial charge in [0, 0.05) is 7.11 Å². The predicted molar refractivity (Wildman–Crippen MR) is 12.6 cm³/mol. The van der Waals surface area contributed by atoms with Gasteiger partial charge in [0.15, 0.2) is 0 Å². The second-order valence-electron chi connectivity index (χ2n) is 0.667. The number of methoxy groups -OCH3 is 1. The van der Waals surface area contributed by atoms with E-state index in [0.717, 1.165) is 0 Å². The molecule has 0 saturated heterocycles. The van der Waals surface area contributed by atoms with E-state index in [-0.39, 0.29) is 0 Å². The van der Waals surface area contributed by atoms with E-state index in [0.29, 0.717) is 7.11 Å². The molecule has 0 aliphatic carbocycles. The standard InChI is InChI=1S/C2H3F2O2/c1-6-2(3,4)5/h1H3. The van der Waals surface area contributed by atoms with Crippen LogP contribution in [-0.2, 0) is 9.84 Å². The summed E-state index contributed by atoms with van der Waals surface area (Å²) in [6.07, 6.45) is -4.21. The largest absolute Gasteiger partial charge is 0.512 e. The predicted octanol–water partition coefficient (Wildman–Crippen LogP) is 0.614. The van der Waals surface area contributed by atoms with Crippen molar-refractivity contribution in [2.75, 3.05) is 7.11 Å². The third-order valence-electron chi connectivity index (χ3n) is 0.238. The molecule has 0 amide bonds. The molecule has 0 rings (SSSR count). The first-order valence-electron chi connectivity index (χ1n) is 1.19. The lowest BCUT2D eigenvalue weighted by Gasteiger charge is -1.97. The van der Waals surface area contributed by atoms with Gasteiger partial charge in [0.1, 0.15) is 0 Å². The van der Waals surface area contributed by atoms with E-state index in [1.807, 2.05) is 0 Å².